The molecule has 2 aromatic rings. The largest absolute Gasteiger partial charge is 0.378 e. The number of ketones is 1. The van der Waals surface area contributed by atoms with Crippen LogP contribution in [-0.4, -0.2) is 20.7 Å². The Balaban J connectivity index is 1.70. The molecule has 1 aromatic heterocycles. The van der Waals surface area contributed by atoms with Crippen LogP contribution < -0.4 is 5.73 Å². The summed E-state index contributed by atoms with van der Waals surface area (Å²) in [5, 5.41) is 0.800. The van der Waals surface area contributed by atoms with Crippen LogP contribution in [0.3, 0.4) is 0 Å². The standard InChI is InChI=1S/C21H20ClF2N3OS/c1-3-21-9-17(21)20(2,27-19(25)29-21)13-6-11(7-14(23)18(13)24)8-16(28)15-5-4-12(22)10-26-15/h4-7,10,17H,3,8-9H2,1-2H3,(H2,25,27)/t17-,20+,21-/m0/s1. The van der Waals surface area contributed by atoms with Crippen LogP contribution in [0.4, 0.5) is 8.78 Å². The molecule has 0 spiro atoms. The molecule has 0 bridgehead atoms. The quantitative estimate of drug-likeness (QED) is 0.679. The van der Waals surface area contributed by atoms with E-state index in [-0.39, 0.29) is 34.1 Å². The van der Waals surface area contributed by atoms with Crippen molar-refractivity contribution in [3.8, 4) is 0 Å². The minimum absolute atomic E-state index is 0.0649. The molecular formula is C21H20ClF2N3OS. The first-order valence-corrected chi connectivity index (χ1v) is 10.6. The van der Waals surface area contributed by atoms with Crippen LogP contribution in [0.2, 0.25) is 5.02 Å². The van der Waals surface area contributed by atoms with Gasteiger partial charge in [0.15, 0.2) is 22.6 Å². The first-order valence-electron chi connectivity index (χ1n) is 9.36. The Hall–Kier alpha value is -1.99. The maximum atomic E-state index is 14.9. The lowest BCUT2D eigenvalue weighted by Crippen LogP contribution is -2.36. The highest BCUT2D eigenvalue weighted by atomic mass is 35.5. The van der Waals surface area contributed by atoms with Gasteiger partial charge >= 0.3 is 0 Å². The molecule has 1 saturated carbocycles. The van der Waals surface area contributed by atoms with Gasteiger partial charge < -0.3 is 5.73 Å². The molecule has 1 fully saturated rings. The lowest BCUT2D eigenvalue weighted by molar-refractivity contribution is 0.0988. The minimum atomic E-state index is -0.995. The van der Waals surface area contributed by atoms with E-state index >= 15 is 0 Å². The first-order chi connectivity index (χ1) is 13.7. The number of fused-ring (bicyclic) bond motifs is 1. The number of hydrogen-bond acceptors (Lipinski definition) is 5. The van der Waals surface area contributed by atoms with Crippen molar-refractivity contribution >= 4 is 34.3 Å². The van der Waals surface area contributed by atoms with Crippen LogP contribution in [0.15, 0.2) is 35.5 Å². The third-order valence-corrected chi connectivity index (χ3v) is 7.63. The number of nitrogens with zero attached hydrogens (tertiary/aromatic N) is 2. The fourth-order valence-electron chi connectivity index (χ4n) is 4.29. The molecule has 1 aromatic carbocycles. The Labute approximate surface area is 177 Å². The maximum Gasteiger partial charge on any atom is 0.185 e. The number of thioether (sulfide) groups is 1. The second-order valence-electron chi connectivity index (χ2n) is 7.78. The molecule has 1 aliphatic heterocycles. The second kappa shape index (κ2) is 7.06. The van der Waals surface area contributed by atoms with Gasteiger partial charge in [0.05, 0.1) is 10.6 Å². The van der Waals surface area contributed by atoms with Crippen molar-refractivity contribution in [1.82, 2.24) is 4.98 Å². The molecule has 2 aliphatic rings. The van der Waals surface area contributed by atoms with E-state index in [1.54, 1.807) is 13.0 Å². The number of halogens is 3. The van der Waals surface area contributed by atoms with Gasteiger partial charge in [-0.15, -0.1) is 0 Å². The number of nitrogens with two attached hydrogens (primary N) is 1. The highest BCUT2D eigenvalue weighted by Crippen LogP contribution is 2.67. The Morgan fingerprint density at radius 3 is 2.79 bits per heavy atom. The summed E-state index contributed by atoms with van der Waals surface area (Å²) in [6.07, 6.45) is 2.99. The smallest absolute Gasteiger partial charge is 0.185 e. The van der Waals surface area contributed by atoms with E-state index in [0.717, 1.165) is 18.9 Å². The van der Waals surface area contributed by atoms with Gasteiger partial charge in [0, 0.05) is 28.8 Å². The first kappa shape index (κ1) is 20.3. The van der Waals surface area contributed by atoms with Crippen LogP contribution >= 0.6 is 23.4 Å². The van der Waals surface area contributed by atoms with E-state index < -0.39 is 17.2 Å². The Morgan fingerprint density at radius 1 is 1.38 bits per heavy atom. The third kappa shape index (κ3) is 3.44. The van der Waals surface area contributed by atoms with E-state index in [1.807, 2.05) is 0 Å². The average molecular weight is 436 g/mol. The van der Waals surface area contributed by atoms with Crippen molar-refractivity contribution in [2.75, 3.05) is 0 Å². The summed E-state index contributed by atoms with van der Waals surface area (Å²) in [7, 11) is 0. The Morgan fingerprint density at radius 2 is 2.14 bits per heavy atom. The maximum absolute atomic E-state index is 14.9. The molecule has 0 amide bonds. The van der Waals surface area contributed by atoms with Crippen molar-refractivity contribution in [3.63, 3.8) is 0 Å². The van der Waals surface area contributed by atoms with Crippen molar-refractivity contribution in [1.29, 1.82) is 0 Å². The van der Waals surface area contributed by atoms with E-state index in [2.05, 4.69) is 16.9 Å². The van der Waals surface area contributed by atoms with Gasteiger partial charge in [0.1, 0.15) is 5.69 Å². The number of amidine groups is 1. The van der Waals surface area contributed by atoms with Gasteiger partial charge in [-0.3, -0.25) is 14.8 Å². The van der Waals surface area contributed by atoms with Gasteiger partial charge in [-0.05, 0) is 49.6 Å². The Kier molecular flexibility index (Phi) is 4.94. The lowest BCUT2D eigenvalue weighted by Gasteiger charge is -2.34. The number of aliphatic imine (C=N–C) groups is 1. The Bertz CT molecular complexity index is 1030. The number of pyridine rings is 1. The predicted molar refractivity (Wildman–Crippen MR) is 111 cm³/mol. The number of benzene rings is 1. The summed E-state index contributed by atoms with van der Waals surface area (Å²) in [6.45, 7) is 3.86. The SMILES string of the molecule is CC[C@]12C[C@H]1[C@@](C)(c1cc(CC(=O)c3ccc(Cl)cn3)cc(F)c1F)N=C(N)S2. The molecule has 152 valence electrons. The molecule has 3 atom stereocenters. The summed E-state index contributed by atoms with van der Waals surface area (Å²) in [5.74, 6) is -2.17. The van der Waals surface area contributed by atoms with Crippen LogP contribution in [0.1, 0.15) is 48.3 Å². The van der Waals surface area contributed by atoms with E-state index in [4.69, 9.17) is 17.3 Å². The van der Waals surface area contributed by atoms with Crippen LogP contribution in [0.25, 0.3) is 0 Å². The minimum Gasteiger partial charge on any atom is -0.378 e. The number of Topliss-reactive ketones (excluding diaryl/α,β-unsaturated/α-hetero) is 1. The van der Waals surface area contributed by atoms with Gasteiger partial charge in [0.25, 0.3) is 0 Å². The van der Waals surface area contributed by atoms with E-state index in [9.17, 15) is 13.6 Å². The number of rotatable bonds is 5. The summed E-state index contributed by atoms with van der Waals surface area (Å²) in [5.41, 5.74) is 5.82. The second-order valence-corrected chi connectivity index (χ2v) is 9.65. The fraction of sp³-hybridized carbons (Fsp3) is 0.381. The van der Waals surface area contributed by atoms with Gasteiger partial charge in [-0.1, -0.05) is 30.3 Å². The molecule has 29 heavy (non-hydrogen) atoms. The zero-order chi connectivity index (χ0) is 21.0. The van der Waals surface area contributed by atoms with Gasteiger partial charge in [-0.2, -0.15) is 0 Å². The zero-order valence-electron chi connectivity index (χ0n) is 16.0. The molecule has 4 nitrogen and oxygen atoms in total. The normalized spacial score (nSPS) is 27.9. The molecule has 1 aliphatic carbocycles. The van der Waals surface area contributed by atoms with Crippen LogP contribution in [0, 0.1) is 17.6 Å². The zero-order valence-corrected chi connectivity index (χ0v) is 17.6. The number of carbonyl (C=O) groups is 1. The molecule has 0 unspecified atom stereocenters. The van der Waals surface area contributed by atoms with E-state index in [0.29, 0.717) is 15.8 Å². The van der Waals surface area contributed by atoms with E-state index in [1.165, 1.54) is 30.1 Å². The molecule has 0 radical (unpaired) electrons. The van der Waals surface area contributed by atoms with Crippen molar-refractivity contribution < 1.29 is 13.6 Å². The van der Waals surface area contributed by atoms with Crippen molar-refractivity contribution in [3.05, 3.63) is 63.9 Å². The highest BCUT2D eigenvalue weighted by molar-refractivity contribution is 8.15. The van der Waals surface area contributed by atoms with Crippen molar-refractivity contribution in [2.45, 2.75) is 43.4 Å². The lowest BCUT2D eigenvalue weighted by atomic mass is 9.84. The fourth-order valence-corrected chi connectivity index (χ4v) is 5.82. The highest BCUT2D eigenvalue weighted by Gasteiger charge is 2.65. The molecular weight excluding hydrogens is 416 g/mol. The summed E-state index contributed by atoms with van der Waals surface area (Å²) < 4.78 is 29.3. The van der Waals surface area contributed by atoms with Crippen LogP contribution in [-0.2, 0) is 12.0 Å². The van der Waals surface area contributed by atoms with Crippen LogP contribution in [0.5, 0.6) is 0 Å². The monoisotopic (exact) mass is 435 g/mol. The third-order valence-electron chi connectivity index (χ3n) is 5.96. The van der Waals surface area contributed by atoms with Crippen molar-refractivity contribution in [2.24, 2.45) is 16.6 Å². The number of hydrogen-bond donors (Lipinski definition) is 1. The molecule has 0 saturated heterocycles. The molecule has 4 rings (SSSR count). The number of carbonyl (C=O) groups excluding carboxylic acids is 1. The average Bonchev–Trinajstić information content (AvgIpc) is 3.41. The summed E-state index contributed by atoms with van der Waals surface area (Å²) in [6, 6.07) is 5.67. The molecule has 2 heterocycles. The number of aromatic nitrogens is 1. The summed E-state index contributed by atoms with van der Waals surface area (Å²) in [4.78, 5) is 21.1. The topological polar surface area (TPSA) is 68.3 Å². The summed E-state index contributed by atoms with van der Waals surface area (Å²) >= 11 is 7.32. The van der Waals surface area contributed by atoms with Gasteiger partial charge in [-0.25, -0.2) is 8.78 Å². The molecule has 2 N–H and O–H groups in total. The molecule has 8 heteroatoms. The van der Waals surface area contributed by atoms with Gasteiger partial charge in [0.2, 0.25) is 0 Å². The predicted octanol–water partition coefficient (Wildman–Crippen LogP) is 4.88.